The van der Waals surface area contributed by atoms with Gasteiger partial charge in [-0.1, -0.05) is 6.07 Å². The van der Waals surface area contributed by atoms with Crippen molar-refractivity contribution >= 4 is 15.9 Å². The first kappa shape index (κ1) is 17.2. The maximum atomic E-state index is 12.2. The molecule has 0 radical (unpaired) electrons. The van der Waals surface area contributed by atoms with Crippen molar-refractivity contribution in [3.05, 3.63) is 54.0 Å². The van der Waals surface area contributed by atoms with E-state index in [1.807, 2.05) is 0 Å². The number of benzene rings is 1. The van der Waals surface area contributed by atoms with Crippen molar-refractivity contribution in [1.82, 2.24) is 10.0 Å². The van der Waals surface area contributed by atoms with E-state index >= 15 is 0 Å². The summed E-state index contributed by atoms with van der Waals surface area (Å²) in [6, 6.07) is 8.98. The SMILES string of the molecule is CC(O)CNC(=O)c1cccc(S(=O)(=O)NCc2ccco2)c1. The third kappa shape index (κ3) is 4.92. The molecule has 0 aliphatic rings. The molecular formula is C15H18N2O5S. The lowest BCUT2D eigenvalue weighted by Gasteiger charge is -2.09. The molecule has 0 fully saturated rings. The third-order valence-electron chi connectivity index (χ3n) is 2.98. The monoisotopic (exact) mass is 338 g/mol. The summed E-state index contributed by atoms with van der Waals surface area (Å²) in [5.74, 6) is 0.0355. The van der Waals surface area contributed by atoms with E-state index in [0.717, 1.165) is 0 Å². The molecule has 8 heteroatoms. The summed E-state index contributed by atoms with van der Waals surface area (Å²) in [5, 5.41) is 11.7. The Morgan fingerprint density at radius 3 is 2.74 bits per heavy atom. The van der Waals surface area contributed by atoms with Crippen LogP contribution in [0, 0.1) is 0 Å². The molecular weight excluding hydrogens is 320 g/mol. The second-order valence-corrected chi connectivity index (χ2v) is 6.76. The lowest BCUT2D eigenvalue weighted by atomic mass is 10.2. The quantitative estimate of drug-likeness (QED) is 0.694. The molecule has 2 rings (SSSR count). The minimum Gasteiger partial charge on any atom is -0.468 e. The number of hydrogen-bond acceptors (Lipinski definition) is 5. The van der Waals surface area contributed by atoms with Gasteiger partial charge in [-0.2, -0.15) is 0 Å². The highest BCUT2D eigenvalue weighted by atomic mass is 32.2. The molecule has 0 spiro atoms. The smallest absolute Gasteiger partial charge is 0.251 e. The molecule has 1 unspecified atom stereocenters. The van der Waals surface area contributed by atoms with Crippen LogP contribution in [0.5, 0.6) is 0 Å². The van der Waals surface area contributed by atoms with E-state index in [9.17, 15) is 13.2 Å². The van der Waals surface area contributed by atoms with E-state index < -0.39 is 22.0 Å². The van der Waals surface area contributed by atoms with E-state index in [4.69, 9.17) is 9.52 Å². The summed E-state index contributed by atoms with van der Waals surface area (Å²) < 4.78 is 32.0. The maximum Gasteiger partial charge on any atom is 0.251 e. The van der Waals surface area contributed by atoms with Gasteiger partial charge in [-0.15, -0.1) is 0 Å². The normalized spacial score (nSPS) is 12.8. The largest absolute Gasteiger partial charge is 0.468 e. The van der Waals surface area contributed by atoms with Crippen LogP contribution in [0.1, 0.15) is 23.0 Å². The number of rotatable bonds is 7. The Hall–Kier alpha value is -2.16. The number of aliphatic hydroxyl groups excluding tert-OH is 1. The lowest BCUT2D eigenvalue weighted by molar-refractivity contribution is 0.0924. The van der Waals surface area contributed by atoms with Gasteiger partial charge in [-0.25, -0.2) is 13.1 Å². The van der Waals surface area contributed by atoms with Gasteiger partial charge >= 0.3 is 0 Å². The van der Waals surface area contributed by atoms with Gasteiger partial charge in [0.15, 0.2) is 0 Å². The molecule has 7 nitrogen and oxygen atoms in total. The molecule has 3 N–H and O–H groups in total. The fourth-order valence-electron chi connectivity index (χ4n) is 1.81. The highest BCUT2D eigenvalue weighted by Crippen LogP contribution is 2.12. The van der Waals surface area contributed by atoms with Crippen molar-refractivity contribution in [2.45, 2.75) is 24.5 Å². The Morgan fingerprint density at radius 2 is 2.09 bits per heavy atom. The van der Waals surface area contributed by atoms with Crippen LogP contribution >= 0.6 is 0 Å². The second-order valence-electron chi connectivity index (χ2n) is 4.99. The molecule has 1 aromatic heterocycles. The predicted molar refractivity (Wildman–Crippen MR) is 83.2 cm³/mol. The van der Waals surface area contributed by atoms with E-state index in [0.29, 0.717) is 5.76 Å². The van der Waals surface area contributed by atoms with Crippen molar-refractivity contribution in [3.8, 4) is 0 Å². The first-order valence-corrected chi connectivity index (χ1v) is 8.45. The molecule has 1 heterocycles. The van der Waals surface area contributed by atoms with Crippen molar-refractivity contribution in [1.29, 1.82) is 0 Å². The first-order chi connectivity index (χ1) is 10.9. The van der Waals surface area contributed by atoms with Gasteiger partial charge < -0.3 is 14.8 Å². The Balaban J connectivity index is 2.09. The highest BCUT2D eigenvalue weighted by molar-refractivity contribution is 7.89. The maximum absolute atomic E-state index is 12.2. The lowest BCUT2D eigenvalue weighted by Crippen LogP contribution is -2.30. The predicted octanol–water partition coefficient (Wildman–Crippen LogP) is 0.869. The van der Waals surface area contributed by atoms with Crippen LogP contribution in [0.2, 0.25) is 0 Å². The van der Waals surface area contributed by atoms with E-state index in [1.165, 1.54) is 30.5 Å². The summed E-state index contributed by atoms with van der Waals surface area (Å²) in [6.07, 6.45) is 0.775. The van der Waals surface area contributed by atoms with Crippen LogP contribution in [-0.2, 0) is 16.6 Å². The fourth-order valence-corrected chi connectivity index (χ4v) is 2.85. The van der Waals surface area contributed by atoms with Crippen molar-refractivity contribution in [2.75, 3.05) is 6.54 Å². The van der Waals surface area contributed by atoms with Gasteiger partial charge in [0, 0.05) is 12.1 Å². The summed E-state index contributed by atoms with van der Waals surface area (Å²) >= 11 is 0. The fraction of sp³-hybridized carbons (Fsp3) is 0.267. The Kier molecular flexibility index (Phi) is 5.54. The standard InChI is InChI=1S/C15H18N2O5S/c1-11(18)9-16-15(19)12-4-2-6-14(8-12)23(20,21)17-10-13-5-3-7-22-13/h2-8,11,17-18H,9-10H2,1H3,(H,16,19). The van der Waals surface area contributed by atoms with Crippen molar-refractivity contribution in [2.24, 2.45) is 0 Å². The second kappa shape index (κ2) is 7.40. The van der Waals surface area contributed by atoms with E-state index in [-0.39, 0.29) is 23.5 Å². The molecule has 0 saturated heterocycles. The molecule has 124 valence electrons. The number of nitrogens with one attached hydrogen (secondary N) is 2. The van der Waals surface area contributed by atoms with Crippen LogP contribution < -0.4 is 10.0 Å². The molecule has 1 aromatic carbocycles. The minimum atomic E-state index is -3.76. The van der Waals surface area contributed by atoms with Crippen LogP contribution in [0.25, 0.3) is 0 Å². The zero-order chi connectivity index (χ0) is 16.9. The van der Waals surface area contributed by atoms with Crippen LogP contribution in [0.3, 0.4) is 0 Å². The highest BCUT2D eigenvalue weighted by Gasteiger charge is 2.16. The number of carbonyl (C=O) groups excluding carboxylic acids is 1. The van der Waals surface area contributed by atoms with Crippen LogP contribution in [0.4, 0.5) is 0 Å². The molecule has 1 atom stereocenters. The minimum absolute atomic E-state index is 0.0197. The first-order valence-electron chi connectivity index (χ1n) is 6.97. The van der Waals surface area contributed by atoms with E-state index in [1.54, 1.807) is 19.1 Å². The number of carbonyl (C=O) groups is 1. The summed E-state index contributed by atoms with van der Waals surface area (Å²) in [4.78, 5) is 11.9. The molecule has 0 aliphatic carbocycles. The number of hydrogen-bond donors (Lipinski definition) is 3. The summed E-state index contributed by atoms with van der Waals surface area (Å²) in [6.45, 7) is 1.65. The zero-order valence-electron chi connectivity index (χ0n) is 12.5. The summed E-state index contributed by atoms with van der Waals surface area (Å²) in [5.41, 5.74) is 0.200. The molecule has 0 bridgehead atoms. The van der Waals surface area contributed by atoms with Gasteiger partial charge in [0.25, 0.3) is 5.91 Å². The third-order valence-corrected chi connectivity index (χ3v) is 4.38. The van der Waals surface area contributed by atoms with Crippen molar-refractivity contribution in [3.63, 3.8) is 0 Å². The number of furan rings is 1. The van der Waals surface area contributed by atoms with Crippen LogP contribution in [-0.4, -0.2) is 32.1 Å². The van der Waals surface area contributed by atoms with Gasteiger partial charge in [0.2, 0.25) is 10.0 Å². The Labute approximate surface area is 134 Å². The van der Waals surface area contributed by atoms with Crippen molar-refractivity contribution < 1.29 is 22.7 Å². The van der Waals surface area contributed by atoms with E-state index in [2.05, 4.69) is 10.0 Å². The topological polar surface area (TPSA) is 109 Å². The van der Waals surface area contributed by atoms with Crippen LogP contribution in [0.15, 0.2) is 52.0 Å². The Bertz CT molecular complexity index is 754. The van der Waals surface area contributed by atoms with Gasteiger partial charge in [-0.3, -0.25) is 4.79 Å². The average molecular weight is 338 g/mol. The molecule has 23 heavy (non-hydrogen) atoms. The van der Waals surface area contributed by atoms with Gasteiger partial charge in [0.05, 0.1) is 23.8 Å². The average Bonchev–Trinajstić information content (AvgIpc) is 3.04. The molecule has 0 saturated carbocycles. The number of aliphatic hydroxyl groups is 1. The molecule has 0 aliphatic heterocycles. The molecule has 1 amide bonds. The zero-order valence-corrected chi connectivity index (χ0v) is 13.3. The Morgan fingerprint density at radius 1 is 1.30 bits per heavy atom. The number of sulfonamides is 1. The summed E-state index contributed by atoms with van der Waals surface area (Å²) in [7, 11) is -3.76. The van der Waals surface area contributed by atoms with Gasteiger partial charge in [-0.05, 0) is 37.3 Å². The number of amides is 1. The molecule has 2 aromatic rings. The van der Waals surface area contributed by atoms with Gasteiger partial charge in [0.1, 0.15) is 5.76 Å².